The normalized spacial score (nSPS) is 14.4. The van der Waals surface area contributed by atoms with Crippen LogP contribution in [0.15, 0.2) is 36.7 Å². The lowest BCUT2D eigenvalue weighted by atomic mass is 10.1. The van der Waals surface area contributed by atoms with Crippen LogP contribution < -0.4 is 14.5 Å². The molecule has 0 saturated carbocycles. The highest BCUT2D eigenvalue weighted by atomic mass is 35.5. The van der Waals surface area contributed by atoms with Gasteiger partial charge in [-0.3, -0.25) is 9.00 Å². The van der Waals surface area contributed by atoms with Crippen molar-refractivity contribution in [3.8, 4) is 0 Å². The van der Waals surface area contributed by atoms with Gasteiger partial charge in [-0.1, -0.05) is 29.3 Å². The molecule has 4 rings (SSSR count). The number of hydrogen-bond acceptors (Lipinski definition) is 7. The average molecular weight is 529 g/mol. The number of carbonyl (C=O) groups is 1. The molecule has 2 aromatic carbocycles. The number of rotatable bonds is 7. The molecule has 2 heterocycles. The molecule has 1 amide bonds. The van der Waals surface area contributed by atoms with E-state index in [4.69, 9.17) is 23.2 Å². The molecule has 1 aliphatic rings. The van der Waals surface area contributed by atoms with Crippen LogP contribution in [0, 0.1) is 5.82 Å². The summed E-state index contributed by atoms with van der Waals surface area (Å²) in [7, 11) is 0. The van der Waals surface area contributed by atoms with E-state index in [-0.39, 0.29) is 27.9 Å². The highest BCUT2D eigenvalue weighted by molar-refractivity contribution is 7.81. The van der Waals surface area contributed by atoms with E-state index in [1.54, 1.807) is 6.07 Å². The van der Waals surface area contributed by atoms with Gasteiger partial charge in [0, 0.05) is 41.9 Å². The molecule has 1 saturated heterocycles. The number of benzene rings is 2. The van der Waals surface area contributed by atoms with Crippen molar-refractivity contribution in [2.24, 2.45) is 0 Å². The van der Waals surface area contributed by atoms with Crippen molar-refractivity contribution in [3.05, 3.63) is 63.6 Å². The molecule has 1 aromatic heterocycles. The Morgan fingerprint density at radius 2 is 2.03 bits per heavy atom. The Kier molecular flexibility index (Phi) is 7.45. The molecule has 1 atom stereocenters. The van der Waals surface area contributed by atoms with Crippen molar-refractivity contribution in [2.75, 3.05) is 22.3 Å². The molecule has 174 valence electrons. The highest BCUT2D eigenvalue weighted by Gasteiger charge is 2.23. The standard InChI is InChI=1S/C20H18Cl2FN5O3S2/c21-13-4-3-12(17(7-13)27-5-1-2-6-27)10-24-19(29)14-8-16(23)18(9-15(14)22)28(33(30)31)20-25-11-26-32-20/h3-4,7-9,11H,1-2,5-6,10H2,(H,24,29)(H,30,31)/p-1. The lowest BCUT2D eigenvalue weighted by molar-refractivity contribution is 0.0950. The van der Waals surface area contributed by atoms with E-state index in [1.165, 1.54) is 0 Å². The molecule has 0 radical (unpaired) electrons. The first-order valence-corrected chi connectivity index (χ1v) is 12.4. The van der Waals surface area contributed by atoms with Gasteiger partial charge >= 0.3 is 0 Å². The fraction of sp³-hybridized carbons (Fsp3) is 0.250. The average Bonchev–Trinajstić information content (AvgIpc) is 3.49. The number of nitrogens with one attached hydrogen (secondary N) is 1. The van der Waals surface area contributed by atoms with Gasteiger partial charge in [0.05, 0.1) is 27.5 Å². The Labute approximate surface area is 205 Å². The summed E-state index contributed by atoms with van der Waals surface area (Å²) in [6.45, 7) is 2.00. The summed E-state index contributed by atoms with van der Waals surface area (Å²) in [6, 6.07) is 7.42. The Morgan fingerprint density at radius 3 is 2.70 bits per heavy atom. The van der Waals surface area contributed by atoms with Gasteiger partial charge in [-0.2, -0.15) is 4.37 Å². The third-order valence-corrected chi connectivity index (χ3v) is 7.09. The summed E-state index contributed by atoms with van der Waals surface area (Å²) in [5, 5.41) is 3.18. The zero-order chi connectivity index (χ0) is 23.5. The number of carbonyl (C=O) groups excluding carboxylic acids is 1. The molecule has 8 nitrogen and oxygen atoms in total. The lowest BCUT2D eigenvalue weighted by Gasteiger charge is -2.24. The first-order valence-electron chi connectivity index (χ1n) is 9.82. The van der Waals surface area contributed by atoms with Crippen molar-refractivity contribution >= 4 is 68.4 Å². The lowest BCUT2D eigenvalue weighted by Crippen LogP contribution is -2.26. The number of halogens is 3. The summed E-state index contributed by atoms with van der Waals surface area (Å²) in [6.07, 6.45) is 3.32. The van der Waals surface area contributed by atoms with Crippen LogP contribution >= 0.6 is 34.7 Å². The zero-order valence-electron chi connectivity index (χ0n) is 17.0. The third kappa shape index (κ3) is 5.28. The monoisotopic (exact) mass is 528 g/mol. The number of hydrogen-bond donors (Lipinski definition) is 1. The van der Waals surface area contributed by atoms with Gasteiger partial charge in [-0.05, 0) is 42.7 Å². The van der Waals surface area contributed by atoms with Crippen molar-refractivity contribution in [3.63, 3.8) is 0 Å². The molecule has 1 N–H and O–H groups in total. The smallest absolute Gasteiger partial charge is 0.253 e. The molecular formula is C20H17Cl2FN5O3S2-. The molecule has 0 aliphatic carbocycles. The topological polar surface area (TPSA) is 101 Å². The molecule has 3 aromatic rings. The summed E-state index contributed by atoms with van der Waals surface area (Å²) >= 11 is 10.3. The fourth-order valence-electron chi connectivity index (χ4n) is 3.58. The summed E-state index contributed by atoms with van der Waals surface area (Å²) < 4.78 is 42.5. The summed E-state index contributed by atoms with van der Waals surface area (Å²) in [5.41, 5.74) is 1.32. The maximum Gasteiger partial charge on any atom is 0.253 e. The maximum atomic E-state index is 14.9. The van der Waals surface area contributed by atoms with Crippen molar-refractivity contribution in [1.29, 1.82) is 0 Å². The van der Waals surface area contributed by atoms with Crippen LogP contribution in [0.2, 0.25) is 10.0 Å². The first-order chi connectivity index (χ1) is 15.8. The summed E-state index contributed by atoms with van der Waals surface area (Å²) in [5.74, 6) is -1.55. The van der Waals surface area contributed by atoms with Gasteiger partial charge < -0.3 is 14.8 Å². The second-order valence-electron chi connectivity index (χ2n) is 7.17. The van der Waals surface area contributed by atoms with Crippen LogP contribution in [0.1, 0.15) is 28.8 Å². The van der Waals surface area contributed by atoms with Gasteiger partial charge in [0.25, 0.3) is 5.91 Å². The molecular weight excluding hydrogens is 512 g/mol. The number of nitrogens with zero attached hydrogens (tertiary/aromatic N) is 4. The van der Waals surface area contributed by atoms with Gasteiger partial charge in [-0.15, -0.1) is 0 Å². The van der Waals surface area contributed by atoms with E-state index in [0.717, 1.165) is 67.2 Å². The number of amides is 1. The molecule has 1 fully saturated rings. The van der Waals surface area contributed by atoms with Crippen LogP contribution in [-0.2, 0) is 17.8 Å². The van der Waals surface area contributed by atoms with Crippen LogP contribution in [-0.4, -0.2) is 37.1 Å². The van der Waals surface area contributed by atoms with E-state index in [9.17, 15) is 17.9 Å². The van der Waals surface area contributed by atoms with Gasteiger partial charge in [0.15, 0.2) is 0 Å². The van der Waals surface area contributed by atoms with Crippen LogP contribution in [0.5, 0.6) is 0 Å². The van der Waals surface area contributed by atoms with Crippen LogP contribution in [0.25, 0.3) is 0 Å². The second-order valence-corrected chi connectivity index (χ2v) is 9.57. The van der Waals surface area contributed by atoms with Crippen molar-refractivity contribution < 1.29 is 17.9 Å². The van der Waals surface area contributed by atoms with E-state index in [2.05, 4.69) is 19.6 Å². The van der Waals surface area contributed by atoms with E-state index >= 15 is 0 Å². The predicted molar refractivity (Wildman–Crippen MR) is 126 cm³/mol. The maximum absolute atomic E-state index is 14.9. The van der Waals surface area contributed by atoms with Gasteiger partial charge in [-0.25, -0.2) is 13.7 Å². The fourth-order valence-corrected chi connectivity index (χ4v) is 5.20. The minimum atomic E-state index is -2.88. The largest absolute Gasteiger partial charge is 0.755 e. The van der Waals surface area contributed by atoms with E-state index in [0.29, 0.717) is 9.33 Å². The van der Waals surface area contributed by atoms with Gasteiger partial charge in [0.1, 0.15) is 12.1 Å². The van der Waals surface area contributed by atoms with E-state index < -0.39 is 23.0 Å². The number of anilines is 3. The minimum Gasteiger partial charge on any atom is -0.755 e. The Bertz CT molecular complexity index is 1190. The molecule has 13 heteroatoms. The van der Waals surface area contributed by atoms with Crippen molar-refractivity contribution in [2.45, 2.75) is 19.4 Å². The third-order valence-electron chi connectivity index (χ3n) is 5.11. The number of aromatic nitrogens is 2. The molecule has 0 spiro atoms. The Balaban J connectivity index is 1.55. The molecule has 33 heavy (non-hydrogen) atoms. The van der Waals surface area contributed by atoms with Crippen LogP contribution in [0.3, 0.4) is 0 Å². The zero-order valence-corrected chi connectivity index (χ0v) is 20.1. The first kappa shape index (κ1) is 23.8. The van der Waals surface area contributed by atoms with E-state index in [1.807, 2.05) is 12.1 Å². The van der Waals surface area contributed by atoms with Crippen molar-refractivity contribution in [1.82, 2.24) is 14.7 Å². The Hall–Kier alpha value is -2.31. The van der Waals surface area contributed by atoms with Gasteiger partial charge in [0.2, 0.25) is 5.13 Å². The predicted octanol–water partition coefficient (Wildman–Crippen LogP) is 4.45. The SMILES string of the molecule is O=C(NCc1ccc(Cl)cc1N1CCCC1)c1cc(F)c(N(c2ncns2)S(=O)[O-])cc1Cl. The summed E-state index contributed by atoms with van der Waals surface area (Å²) in [4.78, 5) is 18.8. The molecule has 1 aliphatic heterocycles. The Morgan fingerprint density at radius 1 is 1.27 bits per heavy atom. The molecule has 1 unspecified atom stereocenters. The minimum absolute atomic E-state index is 0.0623. The second kappa shape index (κ2) is 10.3. The van der Waals surface area contributed by atoms with Crippen LogP contribution in [0.4, 0.5) is 20.9 Å². The quantitative estimate of drug-likeness (QED) is 0.454. The highest BCUT2D eigenvalue weighted by Crippen LogP contribution is 2.34. The molecule has 0 bridgehead atoms.